The summed E-state index contributed by atoms with van der Waals surface area (Å²) in [5, 5.41) is 14.4. The van der Waals surface area contributed by atoms with Crippen LogP contribution in [0.5, 0.6) is 0 Å². The summed E-state index contributed by atoms with van der Waals surface area (Å²) in [7, 11) is 0. The molecular formula is C5H13N5O2. The molecule has 0 atom stereocenters. The number of nitrogens with zero attached hydrogens (tertiary/aromatic N) is 2. The quantitative estimate of drug-likeness (QED) is 0.160. The van der Waals surface area contributed by atoms with E-state index in [0.717, 1.165) is 12.8 Å². The molecule has 70 valence electrons. The minimum atomic E-state index is -0.842. The van der Waals surface area contributed by atoms with Crippen molar-refractivity contribution in [2.45, 2.75) is 12.8 Å². The molecule has 0 rings (SSSR count). The molecule has 7 nitrogen and oxygen atoms in total. The second kappa shape index (κ2) is 6.35. The van der Waals surface area contributed by atoms with E-state index in [1.807, 2.05) is 0 Å². The molecule has 12 heavy (non-hydrogen) atoms. The molecule has 0 fully saturated rings. The lowest BCUT2D eigenvalue weighted by atomic mass is 10.3. The van der Waals surface area contributed by atoms with E-state index in [2.05, 4.69) is 10.4 Å². The number of nitro groups is 1. The van der Waals surface area contributed by atoms with Crippen LogP contribution in [-0.2, 0) is 0 Å². The highest BCUT2D eigenvalue weighted by molar-refractivity contribution is 5.76. The van der Waals surface area contributed by atoms with Crippen LogP contribution in [0.25, 0.3) is 0 Å². The van der Waals surface area contributed by atoms with Gasteiger partial charge in [0.2, 0.25) is 0 Å². The molecule has 0 aliphatic carbocycles. The van der Waals surface area contributed by atoms with Crippen LogP contribution in [0.4, 0.5) is 0 Å². The zero-order chi connectivity index (χ0) is 9.40. The van der Waals surface area contributed by atoms with Crippen LogP contribution in [0, 0.1) is 10.1 Å². The van der Waals surface area contributed by atoms with Crippen LogP contribution in [-0.4, -0.2) is 24.1 Å². The van der Waals surface area contributed by atoms with Crippen molar-refractivity contribution in [2.75, 3.05) is 13.1 Å². The van der Waals surface area contributed by atoms with E-state index in [-0.39, 0.29) is 5.96 Å². The molecule has 0 spiro atoms. The highest BCUT2D eigenvalue weighted by atomic mass is 16.7. The topological polar surface area (TPSA) is 120 Å². The fourth-order valence-electron chi connectivity index (χ4n) is 0.609. The first-order valence-corrected chi connectivity index (χ1v) is 3.59. The van der Waals surface area contributed by atoms with Crippen molar-refractivity contribution in [3.63, 3.8) is 0 Å². The third-order valence-electron chi connectivity index (χ3n) is 1.13. The van der Waals surface area contributed by atoms with Gasteiger partial charge in [-0.25, -0.2) is 10.1 Å². The first-order valence-electron chi connectivity index (χ1n) is 3.59. The van der Waals surface area contributed by atoms with E-state index >= 15 is 0 Å². The minimum Gasteiger partial charge on any atom is -0.365 e. The van der Waals surface area contributed by atoms with Gasteiger partial charge in [0.25, 0.3) is 5.96 Å². The zero-order valence-electron chi connectivity index (χ0n) is 6.69. The lowest BCUT2D eigenvalue weighted by molar-refractivity contribution is -0.485. The van der Waals surface area contributed by atoms with E-state index in [1.165, 1.54) is 0 Å². The van der Waals surface area contributed by atoms with Gasteiger partial charge in [0.05, 0.1) is 0 Å². The van der Waals surface area contributed by atoms with Crippen molar-refractivity contribution >= 4 is 5.96 Å². The molecule has 0 unspecified atom stereocenters. The highest BCUT2D eigenvalue weighted by Crippen LogP contribution is 1.81. The molecule has 7 heteroatoms. The van der Waals surface area contributed by atoms with Crippen molar-refractivity contribution < 1.29 is 5.03 Å². The van der Waals surface area contributed by atoms with Gasteiger partial charge >= 0.3 is 0 Å². The van der Waals surface area contributed by atoms with Crippen LogP contribution in [0.2, 0.25) is 0 Å². The van der Waals surface area contributed by atoms with Gasteiger partial charge in [0.1, 0.15) is 5.10 Å². The Balaban J connectivity index is 3.43. The van der Waals surface area contributed by atoms with Gasteiger partial charge in [0, 0.05) is 6.54 Å². The Morgan fingerprint density at radius 2 is 2.25 bits per heavy atom. The first kappa shape index (κ1) is 10.6. The molecule has 0 bridgehead atoms. The lowest BCUT2D eigenvalue weighted by Crippen LogP contribution is -2.33. The summed E-state index contributed by atoms with van der Waals surface area (Å²) in [6.07, 6.45) is 1.68. The standard InChI is InChI=1S/C5H13N5O2/c6-3-1-2-4-8-5(7)9-10(11)12/h1-4,6H2,(H3,7,8,9). The van der Waals surface area contributed by atoms with Gasteiger partial charge in [-0.05, 0) is 19.4 Å². The number of hydrogen-bond donors (Lipinski definition) is 3. The maximum absolute atomic E-state index is 9.78. The molecule has 0 aliphatic rings. The second-order valence-electron chi connectivity index (χ2n) is 2.15. The molecule has 0 amide bonds. The van der Waals surface area contributed by atoms with Crippen molar-refractivity contribution in [1.29, 1.82) is 0 Å². The Morgan fingerprint density at radius 3 is 2.75 bits per heavy atom. The van der Waals surface area contributed by atoms with E-state index < -0.39 is 5.03 Å². The maximum Gasteiger partial charge on any atom is 0.266 e. The van der Waals surface area contributed by atoms with Gasteiger partial charge < -0.3 is 16.8 Å². The predicted octanol–water partition coefficient (Wildman–Crippen LogP) is -1.18. The van der Waals surface area contributed by atoms with Crippen molar-refractivity contribution in [3.8, 4) is 0 Å². The summed E-state index contributed by atoms with van der Waals surface area (Å²) in [5.74, 6) is -0.169. The van der Waals surface area contributed by atoms with Crippen LogP contribution >= 0.6 is 0 Å². The van der Waals surface area contributed by atoms with Gasteiger partial charge in [-0.3, -0.25) is 0 Å². The number of unbranched alkanes of at least 4 members (excludes halogenated alkanes) is 1. The Morgan fingerprint density at radius 1 is 1.58 bits per heavy atom. The van der Waals surface area contributed by atoms with Crippen molar-refractivity contribution in [1.82, 2.24) is 5.32 Å². The molecule has 0 aromatic carbocycles. The molecule has 0 heterocycles. The summed E-state index contributed by atoms with van der Waals surface area (Å²) in [5.41, 5.74) is 10.4. The second-order valence-corrected chi connectivity index (χ2v) is 2.15. The molecule has 0 saturated carbocycles. The predicted molar refractivity (Wildman–Crippen MR) is 44.9 cm³/mol. The summed E-state index contributed by atoms with van der Waals surface area (Å²) in [6, 6.07) is 0. The monoisotopic (exact) mass is 175 g/mol. The number of rotatable bonds is 5. The number of hydrogen-bond acceptors (Lipinski definition) is 3. The minimum absolute atomic E-state index is 0.169. The smallest absolute Gasteiger partial charge is 0.266 e. The first-order chi connectivity index (χ1) is 5.66. The summed E-state index contributed by atoms with van der Waals surface area (Å²) in [6.45, 7) is 1.16. The van der Waals surface area contributed by atoms with Gasteiger partial charge in [-0.2, -0.15) is 0 Å². The Labute approximate surface area is 69.9 Å². The number of nitrogens with one attached hydrogen (secondary N) is 1. The fourth-order valence-corrected chi connectivity index (χ4v) is 0.609. The normalized spacial score (nSPS) is 11.2. The van der Waals surface area contributed by atoms with Gasteiger partial charge in [0.15, 0.2) is 5.03 Å². The van der Waals surface area contributed by atoms with Gasteiger partial charge in [-0.1, -0.05) is 0 Å². The van der Waals surface area contributed by atoms with Crippen molar-refractivity contribution in [3.05, 3.63) is 10.1 Å². The molecule has 0 radical (unpaired) electrons. The van der Waals surface area contributed by atoms with Crippen LogP contribution in [0.1, 0.15) is 12.8 Å². The Bertz CT molecular complexity index is 169. The Kier molecular flexibility index (Phi) is 5.62. The van der Waals surface area contributed by atoms with E-state index in [0.29, 0.717) is 13.1 Å². The number of guanidine groups is 1. The molecule has 0 saturated heterocycles. The van der Waals surface area contributed by atoms with Crippen molar-refractivity contribution in [2.24, 2.45) is 16.6 Å². The molecular weight excluding hydrogens is 162 g/mol. The fraction of sp³-hybridized carbons (Fsp3) is 0.800. The van der Waals surface area contributed by atoms with E-state index in [9.17, 15) is 10.1 Å². The SMILES string of the molecule is NCCCCN/C(N)=N/[N+](=O)[O-]. The summed E-state index contributed by atoms with van der Waals surface area (Å²) >= 11 is 0. The summed E-state index contributed by atoms with van der Waals surface area (Å²) < 4.78 is 0. The number of hydrazone groups is 1. The average Bonchev–Trinajstić information content (AvgIpc) is 1.97. The van der Waals surface area contributed by atoms with Crippen LogP contribution in [0.3, 0.4) is 0 Å². The lowest BCUT2D eigenvalue weighted by Gasteiger charge is -2.00. The Hall–Kier alpha value is -1.37. The summed E-state index contributed by atoms with van der Waals surface area (Å²) in [4.78, 5) is 9.78. The third kappa shape index (κ3) is 6.75. The number of nitrogens with two attached hydrogens (primary N) is 2. The molecule has 0 aromatic rings. The third-order valence-corrected chi connectivity index (χ3v) is 1.13. The van der Waals surface area contributed by atoms with Crippen LogP contribution in [0.15, 0.2) is 5.10 Å². The zero-order valence-corrected chi connectivity index (χ0v) is 6.69. The highest BCUT2D eigenvalue weighted by Gasteiger charge is 1.96. The maximum atomic E-state index is 9.78. The van der Waals surface area contributed by atoms with Crippen LogP contribution < -0.4 is 16.8 Å². The molecule has 0 aliphatic heterocycles. The average molecular weight is 175 g/mol. The van der Waals surface area contributed by atoms with E-state index in [1.54, 1.807) is 0 Å². The molecule has 5 N–H and O–H groups in total. The van der Waals surface area contributed by atoms with E-state index in [4.69, 9.17) is 11.5 Å². The largest absolute Gasteiger partial charge is 0.365 e. The molecule has 0 aromatic heterocycles. The van der Waals surface area contributed by atoms with Gasteiger partial charge in [-0.15, -0.1) is 0 Å².